The van der Waals surface area contributed by atoms with Crippen LogP contribution in [0, 0.1) is 0 Å². The van der Waals surface area contributed by atoms with E-state index in [1.54, 1.807) is 0 Å². The highest BCUT2D eigenvalue weighted by Gasteiger charge is 2.27. The van der Waals surface area contributed by atoms with E-state index in [-0.39, 0.29) is 10.8 Å². The van der Waals surface area contributed by atoms with Gasteiger partial charge < -0.3 is 5.32 Å². The maximum Gasteiger partial charge on any atom is 0.243 e. The Balaban J connectivity index is 1.71. The van der Waals surface area contributed by atoms with Gasteiger partial charge in [-0.05, 0) is 57.0 Å². The number of piperidine rings is 1. The van der Waals surface area contributed by atoms with Crippen molar-refractivity contribution in [2.45, 2.75) is 37.0 Å². The monoisotopic (exact) mass is 385 g/mol. The Morgan fingerprint density at radius 3 is 2.36 bits per heavy atom. The third kappa shape index (κ3) is 4.53. The van der Waals surface area contributed by atoms with Gasteiger partial charge in [-0.2, -0.15) is 4.31 Å². The Morgan fingerprint density at radius 1 is 1.04 bits per heavy atom. The fraction of sp³-hybridized carbons (Fsp3) is 0.588. The van der Waals surface area contributed by atoms with Gasteiger partial charge in [-0.25, -0.2) is 8.42 Å². The third-order valence-corrected chi connectivity index (χ3v) is 6.95. The third-order valence-electron chi connectivity index (χ3n) is 4.73. The first kappa shape index (κ1) is 18.6. The van der Waals surface area contributed by atoms with Gasteiger partial charge in [0.1, 0.15) is 0 Å². The highest BCUT2D eigenvalue weighted by atomic mass is 35.5. The smallest absolute Gasteiger partial charge is 0.243 e. The SMILES string of the molecule is O=C(CN1CCCCC1)Nc1cc(S(=O)(=O)N2CCCC2)ccc1Cl. The molecule has 0 spiro atoms. The van der Waals surface area contributed by atoms with Gasteiger partial charge in [0.05, 0.1) is 22.2 Å². The second kappa shape index (κ2) is 8.03. The van der Waals surface area contributed by atoms with E-state index in [9.17, 15) is 13.2 Å². The van der Waals surface area contributed by atoms with Crippen molar-refractivity contribution < 1.29 is 13.2 Å². The quantitative estimate of drug-likeness (QED) is 0.845. The summed E-state index contributed by atoms with van der Waals surface area (Å²) in [5, 5.41) is 3.11. The van der Waals surface area contributed by atoms with Gasteiger partial charge in [-0.1, -0.05) is 18.0 Å². The molecule has 0 bridgehead atoms. The van der Waals surface area contributed by atoms with Crippen LogP contribution in [0.3, 0.4) is 0 Å². The second-order valence-electron chi connectivity index (χ2n) is 6.64. The second-order valence-corrected chi connectivity index (χ2v) is 8.98. The van der Waals surface area contributed by atoms with E-state index in [2.05, 4.69) is 10.2 Å². The normalized spacial score (nSPS) is 19.9. The summed E-state index contributed by atoms with van der Waals surface area (Å²) >= 11 is 6.16. The van der Waals surface area contributed by atoms with Crippen LogP contribution in [-0.4, -0.2) is 56.3 Å². The molecule has 0 aliphatic carbocycles. The summed E-state index contributed by atoms with van der Waals surface area (Å²) < 4.78 is 26.8. The summed E-state index contributed by atoms with van der Waals surface area (Å²) in [6.45, 7) is 3.23. The number of benzene rings is 1. The van der Waals surface area contributed by atoms with Crippen molar-refractivity contribution in [1.82, 2.24) is 9.21 Å². The number of carbonyl (C=O) groups excluding carboxylic acids is 1. The number of anilines is 1. The lowest BCUT2D eigenvalue weighted by molar-refractivity contribution is -0.117. The highest BCUT2D eigenvalue weighted by molar-refractivity contribution is 7.89. The summed E-state index contributed by atoms with van der Waals surface area (Å²) in [7, 11) is -3.53. The molecule has 1 aromatic carbocycles. The molecule has 3 rings (SSSR count). The number of amides is 1. The average molecular weight is 386 g/mol. The number of hydrogen-bond acceptors (Lipinski definition) is 4. The number of carbonyl (C=O) groups is 1. The van der Waals surface area contributed by atoms with Gasteiger partial charge >= 0.3 is 0 Å². The first-order valence-electron chi connectivity index (χ1n) is 8.79. The van der Waals surface area contributed by atoms with Crippen LogP contribution in [0.5, 0.6) is 0 Å². The number of nitrogens with zero attached hydrogens (tertiary/aromatic N) is 2. The zero-order valence-electron chi connectivity index (χ0n) is 14.2. The van der Waals surface area contributed by atoms with Crippen LogP contribution < -0.4 is 5.32 Å². The van der Waals surface area contributed by atoms with Crippen molar-refractivity contribution in [3.05, 3.63) is 23.2 Å². The minimum absolute atomic E-state index is 0.167. The predicted molar refractivity (Wildman–Crippen MR) is 98.4 cm³/mol. The topological polar surface area (TPSA) is 69.7 Å². The number of likely N-dealkylation sites (tertiary alicyclic amines) is 1. The molecule has 1 amide bonds. The first-order valence-corrected chi connectivity index (χ1v) is 10.6. The molecule has 6 nitrogen and oxygen atoms in total. The van der Waals surface area contributed by atoms with E-state index in [0.717, 1.165) is 38.8 Å². The van der Waals surface area contributed by atoms with Crippen molar-refractivity contribution in [2.75, 3.05) is 38.0 Å². The van der Waals surface area contributed by atoms with Gasteiger partial charge in [0.2, 0.25) is 15.9 Å². The molecule has 1 aromatic rings. The Labute approximate surface area is 154 Å². The zero-order valence-corrected chi connectivity index (χ0v) is 15.8. The maximum atomic E-state index is 12.7. The molecule has 2 aliphatic rings. The van der Waals surface area contributed by atoms with Crippen LogP contribution >= 0.6 is 11.6 Å². The summed E-state index contributed by atoms with van der Waals surface area (Å²) in [5.41, 5.74) is 0.351. The highest BCUT2D eigenvalue weighted by Crippen LogP contribution is 2.28. The van der Waals surface area contributed by atoms with Crippen molar-refractivity contribution in [3.63, 3.8) is 0 Å². The Bertz CT molecular complexity index is 727. The molecule has 0 radical (unpaired) electrons. The summed E-state index contributed by atoms with van der Waals surface area (Å²) in [4.78, 5) is 14.6. The lowest BCUT2D eigenvalue weighted by Gasteiger charge is -2.25. The Morgan fingerprint density at radius 2 is 1.68 bits per heavy atom. The van der Waals surface area contributed by atoms with Crippen molar-refractivity contribution in [3.8, 4) is 0 Å². The molecule has 1 N–H and O–H groups in total. The Kier molecular flexibility index (Phi) is 5.99. The molecule has 8 heteroatoms. The van der Waals surface area contributed by atoms with Gasteiger partial charge in [0, 0.05) is 13.1 Å². The number of sulfonamides is 1. The molecule has 2 fully saturated rings. The number of rotatable bonds is 5. The summed E-state index contributed by atoms with van der Waals surface area (Å²) in [6, 6.07) is 4.49. The van der Waals surface area contributed by atoms with Gasteiger partial charge in [0.25, 0.3) is 0 Å². The minimum Gasteiger partial charge on any atom is -0.324 e. The molecule has 138 valence electrons. The summed E-state index contributed by atoms with van der Waals surface area (Å²) in [6.07, 6.45) is 5.19. The maximum absolute atomic E-state index is 12.7. The van der Waals surface area contributed by atoms with E-state index in [4.69, 9.17) is 11.6 Å². The lowest BCUT2D eigenvalue weighted by Crippen LogP contribution is -2.36. The molecule has 0 aromatic heterocycles. The Hall–Kier alpha value is -1.15. The molecule has 0 atom stereocenters. The molecule has 2 aliphatic heterocycles. The van der Waals surface area contributed by atoms with Crippen LogP contribution in [0.25, 0.3) is 0 Å². The number of hydrogen-bond donors (Lipinski definition) is 1. The zero-order chi connectivity index (χ0) is 17.9. The average Bonchev–Trinajstić information content (AvgIpc) is 3.13. The lowest BCUT2D eigenvalue weighted by atomic mass is 10.1. The fourth-order valence-electron chi connectivity index (χ4n) is 3.35. The molecule has 0 unspecified atom stereocenters. The van der Waals surface area contributed by atoms with E-state index >= 15 is 0 Å². The molecule has 2 heterocycles. The summed E-state index contributed by atoms with van der Waals surface area (Å²) in [5.74, 6) is -0.167. The van der Waals surface area contributed by atoms with Crippen LogP contribution in [-0.2, 0) is 14.8 Å². The van der Waals surface area contributed by atoms with Gasteiger partial charge in [-0.15, -0.1) is 0 Å². The van der Waals surface area contributed by atoms with Gasteiger partial charge in [0.15, 0.2) is 0 Å². The number of halogens is 1. The van der Waals surface area contributed by atoms with Crippen molar-refractivity contribution >= 4 is 33.2 Å². The van der Waals surface area contributed by atoms with Gasteiger partial charge in [-0.3, -0.25) is 9.69 Å². The van der Waals surface area contributed by atoms with E-state index in [1.807, 2.05) is 0 Å². The largest absolute Gasteiger partial charge is 0.324 e. The number of nitrogens with one attached hydrogen (secondary N) is 1. The molecule has 0 saturated carbocycles. The van der Waals surface area contributed by atoms with Crippen LogP contribution in [0.2, 0.25) is 5.02 Å². The van der Waals surface area contributed by atoms with Crippen molar-refractivity contribution in [1.29, 1.82) is 0 Å². The standard InChI is InChI=1S/C17H24ClN3O3S/c18-15-7-6-14(25(23,24)21-10-4-5-11-21)12-16(15)19-17(22)13-20-8-2-1-3-9-20/h6-7,12H,1-5,8-11,13H2,(H,19,22). The van der Waals surface area contributed by atoms with Crippen molar-refractivity contribution in [2.24, 2.45) is 0 Å². The molecule has 2 saturated heterocycles. The molecule has 25 heavy (non-hydrogen) atoms. The van der Waals surface area contributed by atoms with E-state index in [0.29, 0.717) is 30.3 Å². The van der Waals surface area contributed by atoms with E-state index in [1.165, 1.54) is 28.9 Å². The fourth-order valence-corrected chi connectivity index (χ4v) is 5.06. The van der Waals surface area contributed by atoms with Crippen LogP contribution in [0.1, 0.15) is 32.1 Å². The minimum atomic E-state index is -3.53. The molecular weight excluding hydrogens is 362 g/mol. The van der Waals surface area contributed by atoms with Crippen LogP contribution in [0.4, 0.5) is 5.69 Å². The molecular formula is C17H24ClN3O3S. The van der Waals surface area contributed by atoms with E-state index < -0.39 is 10.0 Å². The first-order chi connectivity index (χ1) is 12.0. The predicted octanol–water partition coefficient (Wildman–Crippen LogP) is 2.55. The van der Waals surface area contributed by atoms with Crippen LogP contribution in [0.15, 0.2) is 23.1 Å².